The van der Waals surface area contributed by atoms with Crippen molar-refractivity contribution in [3.8, 4) is 5.75 Å². The Morgan fingerprint density at radius 3 is 2.71 bits per heavy atom. The van der Waals surface area contributed by atoms with Crippen molar-refractivity contribution in [2.75, 3.05) is 31.2 Å². The molecule has 0 bridgehead atoms. The van der Waals surface area contributed by atoms with Crippen molar-refractivity contribution in [1.29, 1.82) is 0 Å². The molecule has 0 radical (unpaired) electrons. The van der Waals surface area contributed by atoms with Crippen LogP contribution in [-0.2, 0) is 4.74 Å². The predicted octanol–water partition coefficient (Wildman–Crippen LogP) is 3.42. The maximum Gasteiger partial charge on any atom is 0.132 e. The number of fused-ring (bicyclic) bond motifs is 1. The Hall–Kier alpha value is -1.88. The van der Waals surface area contributed by atoms with Gasteiger partial charge >= 0.3 is 0 Å². The highest BCUT2D eigenvalue weighted by atomic mass is 16.5. The third kappa shape index (κ3) is 3.31. The number of aromatic nitrogens is 2. The van der Waals surface area contributed by atoms with E-state index in [4.69, 9.17) is 9.47 Å². The van der Waals surface area contributed by atoms with Crippen molar-refractivity contribution in [3.05, 3.63) is 24.7 Å². The van der Waals surface area contributed by atoms with Gasteiger partial charge in [-0.25, -0.2) is 9.97 Å². The van der Waals surface area contributed by atoms with E-state index in [2.05, 4.69) is 33.9 Å². The largest absolute Gasteiger partial charge is 0.490 e. The van der Waals surface area contributed by atoms with E-state index >= 15 is 0 Å². The van der Waals surface area contributed by atoms with Crippen LogP contribution in [0.3, 0.4) is 0 Å². The second-order valence-corrected chi connectivity index (χ2v) is 7.00. The van der Waals surface area contributed by atoms with E-state index in [9.17, 15) is 0 Å². The highest BCUT2D eigenvalue weighted by molar-refractivity contribution is 5.88. The molecule has 128 valence electrons. The fourth-order valence-electron chi connectivity index (χ4n) is 3.67. The first-order valence-electron chi connectivity index (χ1n) is 9.03. The maximum atomic E-state index is 6.41. The molecule has 2 fully saturated rings. The molecular weight excluding hydrogens is 302 g/mol. The van der Waals surface area contributed by atoms with Gasteiger partial charge in [-0.1, -0.05) is 6.92 Å². The smallest absolute Gasteiger partial charge is 0.132 e. The third-order valence-corrected chi connectivity index (χ3v) is 5.20. The van der Waals surface area contributed by atoms with Crippen molar-refractivity contribution < 1.29 is 9.47 Å². The van der Waals surface area contributed by atoms with E-state index in [0.29, 0.717) is 6.10 Å². The van der Waals surface area contributed by atoms with Gasteiger partial charge in [0.2, 0.25) is 0 Å². The van der Waals surface area contributed by atoms with Crippen molar-refractivity contribution >= 4 is 16.6 Å². The SMILES string of the molecule is C[C@H]1CC[C@@H](Oc2cc(N3CCOCC3)cc3ncncc23)CC1. The summed E-state index contributed by atoms with van der Waals surface area (Å²) in [4.78, 5) is 11.0. The molecule has 1 aliphatic carbocycles. The van der Waals surface area contributed by atoms with Crippen LogP contribution >= 0.6 is 0 Å². The normalized spacial score (nSPS) is 25.0. The summed E-state index contributed by atoms with van der Waals surface area (Å²) in [6.07, 6.45) is 8.56. The summed E-state index contributed by atoms with van der Waals surface area (Å²) >= 11 is 0. The van der Waals surface area contributed by atoms with Crippen LogP contribution in [0.5, 0.6) is 5.75 Å². The van der Waals surface area contributed by atoms with Crippen LogP contribution in [0.15, 0.2) is 24.7 Å². The zero-order valence-electron chi connectivity index (χ0n) is 14.3. The molecule has 4 rings (SSSR count). The molecule has 1 aliphatic heterocycles. The molecule has 2 aromatic rings. The van der Waals surface area contributed by atoms with Crippen molar-refractivity contribution in [2.45, 2.75) is 38.7 Å². The van der Waals surface area contributed by atoms with Gasteiger partial charge in [-0.3, -0.25) is 0 Å². The van der Waals surface area contributed by atoms with Gasteiger partial charge in [0.25, 0.3) is 0 Å². The molecule has 24 heavy (non-hydrogen) atoms. The zero-order chi connectivity index (χ0) is 16.4. The Balaban J connectivity index is 1.64. The number of morpholine rings is 1. The van der Waals surface area contributed by atoms with Crippen LogP contribution < -0.4 is 9.64 Å². The molecular formula is C19H25N3O2. The average Bonchev–Trinajstić information content (AvgIpc) is 2.64. The predicted molar refractivity (Wildman–Crippen MR) is 94.6 cm³/mol. The molecule has 0 atom stereocenters. The minimum absolute atomic E-state index is 0.310. The highest BCUT2D eigenvalue weighted by Crippen LogP contribution is 2.34. The first-order valence-corrected chi connectivity index (χ1v) is 9.03. The Kier molecular flexibility index (Phi) is 4.52. The Morgan fingerprint density at radius 1 is 1.12 bits per heavy atom. The van der Waals surface area contributed by atoms with Crippen LogP contribution in [-0.4, -0.2) is 42.4 Å². The van der Waals surface area contributed by atoms with Gasteiger partial charge in [0.05, 0.1) is 30.2 Å². The maximum absolute atomic E-state index is 6.41. The van der Waals surface area contributed by atoms with Gasteiger partial charge in [-0.15, -0.1) is 0 Å². The van der Waals surface area contributed by atoms with E-state index in [-0.39, 0.29) is 0 Å². The molecule has 5 nitrogen and oxygen atoms in total. The van der Waals surface area contributed by atoms with Crippen LogP contribution in [0.4, 0.5) is 5.69 Å². The highest BCUT2D eigenvalue weighted by Gasteiger charge is 2.21. The van der Waals surface area contributed by atoms with Gasteiger partial charge < -0.3 is 14.4 Å². The first kappa shape index (κ1) is 15.6. The number of benzene rings is 1. The number of hydrogen-bond acceptors (Lipinski definition) is 5. The van der Waals surface area contributed by atoms with E-state index in [0.717, 1.165) is 61.7 Å². The summed E-state index contributed by atoms with van der Waals surface area (Å²) in [5, 5.41) is 1.01. The molecule has 2 aliphatic rings. The molecule has 0 amide bonds. The van der Waals surface area contributed by atoms with E-state index in [1.165, 1.54) is 18.5 Å². The number of hydrogen-bond donors (Lipinski definition) is 0. The zero-order valence-corrected chi connectivity index (χ0v) is 14.3. The molecule has 0 unspecified atom stereocenters. The topological polar surface area (TPSA) is 47.5 Å². The van der Waals surface area contributed by atoms with Crippen molar-refractivity contribution in [3.63, 3.8) is 0 Å². The second-order valence-electron chi connectivity index (χ2n) is 7.00. The number of ether oxygens (including phenoxy) is 2. The lowest BCUT2D eigenvalue weighted by Crippen LogP contribution is -2.36. The summed E-state index contributed by atoms with van der Waals surface area (Å²) in [5.41, 5.74) is 2.12. The lowest BCUT2D eigenvalue weighted by molar-refractivity contribution is 0.122. The molecule has 1 saturated heterocycles. The Morgan fingerprint density at radius 2 is 1.92 bits per heavy atom. The standard InChI is InChI=1S/C19H25N3O2/c1-14-2-4-16(5-3-14)24-19-11-15(22-6-8-23-9-7-22)10-18-17(19)12-20-13-21-18/h10-14,16H,2-9H2,1H3/t14-,16+. The minimum Gasteiger partial charge on any atom is -0.490 e. The molecule has 0 N–H and O–H groups in total. The minimum atomic E-state index is 0.310. The van der Waals surface area contributed by atoms with Crippen molar-refractivity contribution in [1.82, 2.24) is 9.97 Å². The van der Waals surface area contributed by atoms with E-state index < -0.39 is 0 Å². The summed E-state index contributed by atoms with van der Waals surface area (Å²) in [5.74, 6) is 1.75. The summed E-state index contributed by atoms with van der Waals surface area (Å²) < 4.78 is 11.9. The Labute approximate surface area is 143 Å². The molecule has 5 heteroatoms. The monoisotopic (exact) mass is 327 g/mol. The summed E-state index contributed by atoms with van der Waals surface area (Å²) in [6, 6.07) is 4.30. The second kappa shape index (κ2) is 6.93. The molecule has 1 aromatic heterocycles. The van der Waals surface area contributed by atoms with Gasteiger partial charge in [0, 0.05) is 31.0 Å². The third-order valence-electron chi connectivity index (χ3n) is 5.20. The van der Waals surface area contributed by atoms with Crippen LogP contribution in [0.1, 0.15) is 32.6 Å². The fourth-order valence-corrected chi connectivity index (χ4v) is 3.67. The van der Waals surface area contributed by atoms with Gasteiger partial charge in [-0.05, 0) is 37.7 Å². The quantitative estimate of drug-likeness (QED) is 0.864. The molecule has 2 heterocycles. The number of rotatable bonds is 3. The van der Waals surface area contributed by atoms with Gasteiger partial charge in [-0.2, -0.15) is 0 Å². The molecule has 0 spiro atoms. The average molecular weight is 327 g/mol. The van der Waals surface area contributed by atoms with Crippen molar-refractivity contribution in [2.24, 2.45) is 5.92 Å². The van der Waals surface area contributed by atoms with E-state index in [1.807, 2.05) is 6.20 Å². The van der Waals surface area contributed by atoms with Crippen LogP contribution in [0.2, 0.25) is 0 Å². The molecule has 1 aromatic carbocycles. The number of anilines is 1. The number of nitrogens with zero attached hydrogens (tertiary/aromatic N) is 3. The first-order chi connectivity index (χ1) is 11.8. The lowest BCUT2D eigenvalue weighted by atomic mass is 9.89. The van der Waals surface area contributed by atoms with Crippen LogP contribution in [0.25, 0.3) is 10.9 Å². The van der Waals surface area contributed by atoms with Crippen LogP contribution in [0, 0.1) is 5.92 Å². The van der Waals surface area contributed by atoms with Gasteiger partial charge in [0.1, 0.15) is 12.1 Å². The van der Waals surface area contributed by atoms with Gasteiger partial charge in [0.15, 0.2) is 0 Å². The molecule has 1 saturated carbocycles. The fraction of sp³-hybridized carbons (Fsp3) is 0.579. The summed E-state index contributed by atoms with van der Waals surface area (Å²) in [7, 11) is 0. The Bertz CT molecular complexity index is 692. The summed E-state index contributed by atoms with van der Waals surface area (Å²) in [6.45, 7) is 5.71. The lowest BCUT2D eigenvalue weighted by Gasteiger charge is -2.30. The van der Waals surface area contributed by atoms with E-state index in [1.54, 1.807) is 6.33 Å².